The molecule has 1 fully saturated rings. The van der Waals surface area contributed by atoms with Crippen LogP contribution in [0.1, 0.15) is 12.0 Å². The average molecular weight is 309 g/mol. The summed E-state index contributed by atoms with van der Waals surface area (Å²) in [5, 5.41) is 0. The zero-order valence-corrected chi connectivity index (χ0v) is 11.3. The highest BCUT2D eigenvalue weighted by atomic mass is 32.2. The van der Waals surface area contributed by atoms with Crippen LogP contribution in [0, 0.1) is 5.92 Å². The van der Waals surface area contributed by atoms with Crippen LogP contribution in [0.15, 0.2) is 29.2 Å². The van der Waals surface area contributed by atoms with E-state index in [1.165, 1.54) is 6.07 Å². The molecule has 1 aliphatic heterocycles. The van der Waals surface area contributed by atoms with Crippen LogP contribution in [0.25, 0.3) is 0 Å². The number of sulfonamides is 1. The van der Waals surface area contributed by atoms with Gasteiger partial charge < -0.3 is 4.74 Å². The molecular formula is C12H14F3NO3S. The highest BCUT2D eigenvalue weighted by Gasteiger charge is 2.36. The fourth-order valence-electron chi connectivity index (χ4n) is 1.98. The zero-order valence-electron chi connectivity index (χ0n) is 10.5. The third-order valence-electron chi connectivity index (χ3n) is 3.07. The lowest BCUT2D eigenvalue weighted by Crippen LogP contribution is -2.31. The summed E-state index contributed by atoms with van der Waals surface area (Å²) in [7, 11) is -4.19. The van der Waals surface area contributed by atoms with Crippen molar-refractivity contribution in [2.75, 3.05) is 19.8 Å². The fourth-order valence-corrected chi connectivity index (χ4v) is 3.33. The second-order valence-corrected chi connectivity index (χ2v) is 6.31. The van der Waals surface area contributed by atoms with Gasteiger partial charge in [-0.2, -0.15) is 13.2 Å². The van der Waals surface area contributed by atoms with Gasteiger partial charge in [-0.1, -0.05) is 12.1 Å². The first-order chi connectivity index (χ1) is 9.31. The Hall–Kier alpha value is -1.12. The summed E-state index contributed by atoms with van der Waals surface area (Å²) >= 11 is 0. The highest BCUT2D eigenvalue weighted by molar-refractivity contribution is 7.89. The van der Waals surface area contributed by atoms with Crippen molar-refractivity contribution in [3.8, 4) is 0 Å². The predicted molar refractivity (Wildman–Crippen MR) is 65.6 cm³/mol. The van der Waals surface area contributed by atoms with Crippen molar-refractivity contribution >= 4 is 10.0 Å². The van der Waals surface area contributed by atoms with E-state index in [0.717, 1.165) is 18.2 Å². The van der Waals surface area contributed by atoms with Gasteiger partial charge in [0.15, 0.2) is 0 Å². The van der Waals surface area contributed by atoms with Gasteiger partial charge in [-0.15, -0.1) is 0 Å². The Kier molecular flexibility index (Phi) is 4.36. The fraction of sp³-hybridized carbons (Fsp3) is 0.500. The van der Waals surface area contributed by atoms with Crippen LogP contribution >= 0.6 is 0 Å². The molecule has 1 saturated heterocycles. The van der Waals surface area contributed by atoms with Gasteiger partial charge >= 0.3 is 6.18 Å². The first-order valence-electron chi connectivity index (χ1n) is 6.04. The van der Waals surface area contributed by atoms with Gasteiger partial charge in [0, 0.05) is 13.2 Å². The van der Waals surface area contributed by atoms with Crippen LogP contribution in [-0.2, 0) is 20.9 Å². The second-order valence-electron chi connectivity index (χ2n) is 4.58. The molecule has 2 rings (SSSR count). The molecule has 8 heteroatoms. The van der Waals surface area contributed by atoms with Crippen molar-refractivity contribution in [2.24, 2.45) is 5.92 Å². The van der Waals surface area contributed by atoms with Crippen LogP contribution in [0.2, 0.25) is 0 Å². The van der Waals surface area contributed by atoms with Gasteiger partial charge in [-0.25, -0.2) is 13.1 Å². The monoisotopic (exact) mass is 309 g/mol. The van der Waals surface area contributed by atoms with Gasteiger partial charge in [-0.3, -0.25) is 0 Å². The molecule has 112 valence electrons. The van der Waals surface area contributed by atoms with Crippen molar-refractivity contribution in [3.63, 3.8) is 0 Å². The van der Waals surface area contributed by atoms with Crippen LogP contribution in [0.3, 0.4) is 0 Å². The number of nitrogens with one attached hydrogen (secondary N) is 1. The van der Waals surface area contributed by atoms with E-state index in [2.05, 4.69) is 4.72 Å². The van der Waals surface area contributed by atoms with Crippen molar-refractivity contribution in [1.82, 2.24) is 4.72 Å². The Bertz CT molecular complexity index is 566. The van der Waals surface area contributed by atoms with Crippen molar-refractivity contribution < 1.29 is 26.3 Å². The molecule has 1 N–H and O–H groups in total. The van der Waals surface area contributed by atoms with Gasteiger partial charge in [-0.05, 0) is 24.5 Å². The van der Waals surface area contributed by atoms with Crippen LogP contribution in [-0.4, -0.2) is 28.2 Å². The first-order valence-corrected chi connectivity index (χ1v) is 7.52. The summed E-state index contributed by atoms with van der Waals surface area (Å²) in [6, 6.07) is 4.14. The summed E-state index contributed by atoms with van der Waals surface area (Å²) in [5.41, 5.74) is -1.16. The minimum absolute atomic E-state index is 0.00261. The van der Waals surface area contributed by atoms with Gasteiger partial charge in [0.25, 0.3) is 0 Å². The van der Waals surface area contributed by atoms with Crippen LogP contribution < -0.4 is 4.72 Å². The highest BCUT2D eigenvalue weighted by Crippen LogP contribution is 2.33. The topological polar surface area (TPSA) is 55.4 Å². The molecule has 0 aromatic heterocycles. The van der Waals surface area contributed by atoms with Crippen LogP contribution in [0.4, 0.5) is 13.2 Å². The number of halogens is 3. The van der Waals surface area contributed by atoms with E-state index in [-0.39, 0.29) is 12.5 Å². The molecular weight excluding hydrogens is 295 g/mol. The summed E-state index contributed by atoms with van der Waals surface area (Å²) in [5.74, 6) is 0.00261. The van der Waals surface area contributed by atoms with E-state index in [0.29, 0.717) is 19.6 Å². The number of alkyl halides is 3. The smallest absolute Gasteiger partial charge is 0.381 e. The van der Waals surface area contributed by atoms with E-state index < -0.39 is 26.7 Å². The standard InChI is InChI=1S/C12H14F3NO3S/c13-12(14,15)10-3-1-2-4-11(10)20(17,18)16-7-9-5-6-19-8-9/h1-4,9,16H,5-8H2. The molecule has 1 heterocycles. The Morgan fingerprint density at radius 2 is 2.00 bits per heavy atom. The third kappa shape index (κ3) is 3.50. The maximum absolute atomic E-state index is 12.8. The van der Waals surface area contributed by atoms with Crippen molar-refractivity contribution in [3.05, 3.63) is 29.8 Å². The van der Waals surface area contributed by atoms with Gasteiger partial charge in [0.2, 0.25) is 10.0 Å². The minimum atomic E-state index is -4.71. The molecule has 1 unspecified atom stereocenters. The molecule has 0 radical (unpaired) electrons. The first kappa shape index (κ1) is 15.3. The second kappa shape index (κ2) is 5.71. The Balaban J connectivity index is 2.20. The van der Waals surface area contributed by atoms with Gasteiger partial charge in [0.05, 0.1) is 17.1 Å². The van der Waals surface area contributed by atoms with Crippen molar-refractivity contribution in [1.29, 1.82) is 0 Å². The number of ether oxygens (including phenoxy) is 1. The quantitative estimate of drug-likeness (QED) is 0.926. The number of hydrogen-bond donors (Lipinski definition) is 1. The molecule has 1 aromatic rings. The summed E-state index contributed by atoms with van der Waals surface area (Å²) in [6.45, 7) is 1.05. The van der Waals surface area contributed by atoms with E-state index in [4.69, 9.17) is 4.74 Å². The Morgan fingerprint density at radius 1 is 1.30 bits per heavy atom. The molecule has 0 saturated carbocycles. The molecule has 4 nitrogen and oxygen atoms in total. The summed E-state index contributed by atoms with van der Waals surface area (Å²) in [4.78, 5) is -0.744. The molecule has 0 aliphatic carbocycles. The lowest BCUT2D eigenvalue weighted by molar-refractivity contribution is -0.139. The number of benzene rings is 1. The normalized spacial score (nSPS) is 20.2. The SMILES string of the molecule is O=S(=O)(NCC1CCOC1)c1ccccc1C(F)(F)F. The number of hydrogen-bond acceptors (Lipinski definition) is 3. The molecule has 20 heavy (non-hydrogen) atoms. The summed E-state index contributed by atoms with van der Waals surface area (Å²) < 4.78 is 69.7. The lowest BCUT2D eigenvalue weighted by Gasteiger charge is -2.15. The van der Waals surface area contributed by atoms with E-state index >= 15 is 0 Å². The largest absolute Gasteiger partial charge is 0.417 e. The van der Waals surface area contributed by atoms with Gasteiger partial charge in [0.1, 0.15) is 0 Å². The molecule has 1 aromatic carbocycles. The Morgan fingerprint density at radius 3 is 2.60 bits per heavy atom. The predicted octanol–water partition coefficient (Wildman–Crippen LogP) is 2.02. The third-order valence-corrected chi connectivity index (χ3v) is 4.55. The lowest BCUT2D eigenvalue weighted by atomic mass is 10.1. The maximum atomic E-state index is 12.8. The summed E-state index contributed by atoms with van der Waals surface area (Å²) in [6.07, 6.45) is -4.01. The molecule has 0 amide bonds. The zero-order chi connectivity index (χ0) is 14.8. The molecule has 1 atom stereocenters. The molecule has 0 spiro atoms. The molecule has 1 aliphatic rings. The number of rotatable bonds is 4. The Labute approximate surface area is 115 Å². The molecule has 0 bridgehead atoms. The van der Waals surface area contributed by atoms with E-state index in [1.807, 2.05) is 0 Å². The average Bonchev–Trinajstić information content (AvgIpc) is 2.89. The van der Waals surface area contributed by atoms with Crippen molar-refractivity contribution in [2.45, 2.75) is 17.5 Å². The van der Waals surface area contributed by atoms with E-state index in [1.54, 1.807) is 0 Å². The van der Waals surface area contributed by atoms with Crippen LogP contribution in [0.5, 0.6) is 0 Å². The van der Waals surface area contributed by atoms with E-state index in [9.17, 15) is 21.6 Å². The maximum Gasteiger partial charge on any atom is 0.417 e. The minimum Gasteiger partial charge on any atom is -0.381 e.